The number of fused-ring (bicyclic) bond motifs is 4. The van der Waals surface area contributed by atoms with Crippen molar-refractivity contribution in [2.24, 2.45) is 57.2 Å². The van der Waals surface area contributed by atoms with Crippen LogP contribution in [0.4, 0.5) is 0 Å². The summed E-state index contributed by atoms with van der Waals surface area (Å²) in [4.78, 5) is 0. The van der Waals surface area contributed by atoms with E-state index in [0.29, 0.717) is 21.7 Å². The first-order chi connectivity index (χ1) is 15.0. The third-order valence-electron chi connectivity index (χ3n) is 11.0. The third kappa shape index (κ3) is 6.21. The van der Waals surface area contributed by atoms with Crippen molar-refractivity contribution in [1.29, 1.82) is 0 Å². The van der Waals surface area contributed by atoms with Crippen LogP contribution in [0.15, 0.2) is 0 Å². The molecule has 0 aromatic carbocycles. The standard InChI is InChI=1S/C12H23N.C12H22.C4H10.2C2H6/c1-11(2)8-6-9(12(11,3)4)10(7-8)13-5;1-8-6-9-7-10(8)12(4,5)11(9,2)3;1-4(2)3;2*1-2/h8-10,13H,6-7H2,1-5H3;8-10H,6-7H2,1-5H3;4H,1-3H3;2*1-2H3. The van der Waals surface area contributed by atoms with Gasteiger partial charge >= 0.3 is 0 Å². The highest BCUT2D eigenvalue weighted by Crippen LogP contribution is 2.68. The van der Waals surface area contributed by atoms with Crippen LogP contribution in [0.2, 0.25) is 0 Å². The first-order valence-corrected chi connectivity index (χ1v) is 14.7. The fourth-order valence-electron chi connectivity index (χ4n) is 7.59. The lowest BCUT2D eigenvalue weighted by Gasteiger charge is -2.48. The minimum Gasteiger partial charge on any atom is -0.317 e. The Balaban J connectivity index is 0.000000476. The lowest BCUT2D eigenvalue weighted by Crippen LogP contribution is -2.47. The van der Waals surface area contributed by atoms with Gasteiger partial charge in [-0.15, -0.1) is 0 Å². The van der Waals surface area contributed by atoms with Crippen LogP contribution in [0, 0.1) is 57.2 Å². The Bertz CT molecular complexity index is 550. The molecule has 1 heteroatoms. The average Bonchev–Trinajstić information content (AvgIpc) is 3.42. The highest BCUT2D eigenvalue weighted by Gasteiger charge is 2.61. The van der Waals surface area contributed by atoms with Gasteiger partial charge in [0, 0.05) is 6.04 Å². The molecule has 0 amide bonds. The predicted octanol–water partition coefficient (Wildman–Crippen LogP) is 10.1. The molecule has 200 valence electrons. The average molecular weight is 466 g/mol. The molecule has 0 aliphatic heterocycles. The quantitative estimate of drug-likeness (QED) is 0.406. The number of rotatable bonds is 1. The van der Waals surface area contributed by atoms with Crippen molar-refractivity contribution in [3.8, 4) is 0 Å². The zero-order valence-corrected chi connectivity index (χ0v) is 26.4. The number of hydrogen-bond donors (Lipinski definition) is 1. The molecule has 0 aromatic heterocycles. The van der Waals surface area contributed by atoms with Crippen molar-refractivity contribution >= 4 is 0 Å². The molecule has 4 aliphatic carbocycles. The first kappa shape index (κ1) is 33.0. The van der Waals surface area contributed by atoms with Gasteiger partial charge in [-0.05, 0) is 89.9 Å². The number of hydrogen-bond acceptors (Lipinski definition) is 1. The molecule has 0 aromatic rings. The van der Waals surface area contributed by atoms with Gasteiger partial charge in [0.2, 0.25) is 0 Å². The molecule has 4 aliphatic rings. The summed E-state index contributed by atoms with van der Waals surface area (Å²) in [7, 11) is 2.12. The number of nitrogens with one attached hydrogen (secondary N) is 1. The Morgan fingerprint density at radius 2 is 0.909 bits per heavy atom. The van der Waals surface area contributed by atoms with Crippen LogP contribution in [0.1, 0.15) is 136 Å². The van der Waals surface area contributed by atoms with E-state index in [1.54, 1.807) is 0 Å². The Morgan fingerprint density at radius 3 is 1.15 bits per heavy atom. The zero-order chi connectivity index (χ0) is 26.6. The lowest BCUT2D eigenvalue weighted by atomic mass is 9.57. The molecule has 0 saturated heterocycles. The van der Waals surface area contributed by atoms with Crippen LogP contribution < -0.4 is 5.32 Å². The smallest absolute Gasteiger partial charge is 0.0101 e. The summed E-state index contributed by atoms with van der Waals surface area (Å²) in [6, 6.07) is 0.785. The summed E-state index contributed by atoms with van der Waals surface area (Å²) in [5.41, 5.74) is 2.23. The summed E-state index contributed by atoms with van der Waals surface area (Å²) in [5.74, 6) is 5.67. The maximum Gasteiger partial charge on any atom is 0.0101 e. The molecule has 4 fully saturated rings. The van der Waals surface area contributed by atoms with E-state index in [9.17, 15) is 0 Å². The van der Waals surface area contributed by atoms with Gasteiger partial charge in [0.25, 0.3) is 0 Å². The second kappa shape index (κ2) is 12.3. The topological polar surface area (TPSA) is 12.0 Å². The van der Waals surface area contributed by atoms with E-state index >= 15 is 0 Å². The predicted molar refractivity (Wildman–Crippen MR) is 153 cm³/mol. The van der Waals surface area contributed by atoms with Crippen LogP contribution in [0.3, 0.4) is 0 Å². The van der Waals surface area contributed by atoms with E-state index in [-0.39, 0.29) is 0 Å². The van der Waals surface area contributed by atoms with E-state index in [1.165, 1.54) is 25.7 Å². The Labute approximate surface area is 212 Å². The van der Waals surface area contributed by atoms with Crippen LogP contribution in [0.25, 0.3) is 0 Å². The van der Waals surface area contributed by atoms with Gasteiger partial charge < -0.3 is 5.32 Å². The molecule has 6 atom stereocenters. The molecule has 4 saturated carbocycles. The van der Waals surface area contributed by atoms with Crippen LogP contribution in [-0.2, 0) is 0 Å². The van der Waals surface area contributed by atoms with Gasteiger partial charge in [0.1, 0.15) is 0 Å². The van der Waals surface area contributed by atoms with Gasteiger partial charge in [0.05, 0.1) is 0 Å². The fraction of sp³-hybridized carbons (Fsp3) is 1.00. The van der Waals surface area contributed by atoms with Gasteiger partial charge in [-0.3, -0.25) is 0 Å². The molecule has 1 nitrogen and oxygen atoms in total. The van der Waals surface area contributed by atoms with E-state index in [2.05, 4.69) is 95.4 Å². The van der Waals surface area contributed by atoms with Gasteiger partial charge in [-0.1, -0.05) is 111 Å². The Morgan fingerprint density at radius 1 is 0.576 bits per heavy atom. The minimum absolute atomic E-state index is 0.517. The first-order valence-electron chi connectivity index (χ1n) is 14.7. The Hall–Kier alpha value is -0.0400. The van der Waals surface area contributed by atoms with E-state index in [0.717, 1.165) is 41.5 Å². The maximum atomic E-state index is 3.49. The van der Waals surface area contributed by atoms with Crippen LogP contribution >= 0.6 is 0 Å². The summed E-state index contributed by atoms with van der Waals surface area (Å²) in [6.07, 6.45) is 5.84. The SMILES string of the molecule is CC.CC.CC(C)C.CC1CC2CC1C(C)(C)C2(C)C.CNC1CC2CC1C(C)(C)C2(C)C. The summed E-state index contributed by atoms with van der Waals surface area (Å²) in [5, 5.41) is 3.49. The van der Waals surface area contributed by atoms with Crippen molar-refractivity contribution in [3.05, 3.63) is 0 Å². The minimum atomic E-state index is 0.517. The molecule has 1 N–H and O–H groups in total. The molecule has 0 radical (unpaired) electrons. The summed E-state index contributed by atoms with van der Waals surface area (Å²) in [6.45, 7) is 36.7. The van der Waals surface area contributed by atoms with Gasteiger partial charge in [0.15, 0.2) is 0 Å². The zero-order valence-electron chi connectivity index (χ0n) is 26.4. The van der Waals surface area contributed by atoms with E-state index in [1.807, 2.05) is 27.7 Å². The van der Waals surface area contributed by atoms with Gasteiger partial charge in [-0.2, -0.15) is 0 Å². The fourth-order valence-corrected chi connectivity index (χ4v) is 7.59. The van der Waals surface area contributed by atoms with E-state index < -0.39 is 0 Å². The molecular formula is C32H67N. The monoisotopic (exact) mass is 466 g/mol. The van der Waals surface area contributed by atoms with Gasteiger partial charge in [-0.25, -0.2) is 0 Å². The normalized spacial score (nSPS) is 36.9. The molecule has 4 bridgehead atoms. The van der Waals surface area contributed by atoms with E-state index in [4.69, 9.17) is 0 Å². The Kier molecular flexibility index (Phi) is 12.3. The second-order valence-electron chi connectivity index (χ2n) is 14.0. The van der Waals surface area contributed by atoms with Crippen molar-refractivity contribution in [1.82, 2.24) is 5.32 Å². The molecular weight excluding hydrogens is 398 g/mol. The highest BCUT2D eigenvalue weighted by atomic mass is 14.9. The van der Waals surface area contributed by atoms with Crippen molar-refractivity contribution in [2.75, 3.05) is 7.05 Å². The summed E-state index contributed by atoms with van der Waals surface area (Å²) < 4.78 is 0. The molecule has 33 heavy (non-hydrogen) atoms. The largest absolute Gasteiger partial charge is 0.317 e. The highest BCUT2D eigenvalue weighted by molar-refractivity contribution is 5.12. The van der Waals surface area contributed by atoms with Crippen molar-refractivity contribution in [3.63, 3.8) is 0 Å². The summed E-state index contributed by atoms with van der Waals surface area (Å²) >= 11 is 0. The molecule has 0 heterocycles. The lowest BCUT2D eigenvalue weighted by molar-refractivity contribution is 0.0119. The van der Waals surface area contributed by atoms with Crippen molar-refractivity contribution in [2.45, 2.75) is 143 Å². The van der Waals surface area contributed by atoms with Crippen LogP contribution in [0.5, 0.6) is 0 Å². The van der Waals surface area contributed by atoms with Crippen LogP contribution in [-0.4, -0.2) is 13.1 Å². The molecule has 0 spiro atoms. The molecule has 6 unspecified atom stereocenters. The third-order valence-corrected chi connectivity index (χ3v) is 11.0. The van der Waals surface area contributed by atoms with Crippen molar-refractivity contribution < 1.29 is 0 Å². The second-order valence-corrected chi connectivity index (χ2v) is 14.0. The maximum absolute atomic E-state index is 3.49. The molecule has 4 rings (SSSR count).